The largest absolute Gasteiger partial charge is 0.504 e. The standard InChI is InChI=1S/C20H25BrO3/c1-2-3-4-5-6-7-8-9-18(22)17-13-14-12-15(21)10-11-16(14)19(23)20(17)24/h10-13,23-24H,2-9H2,1H3. The molecule has 0 radical (unpaired) electrons. The third-order valence-corrected chi connectivity index (χ3v) is 4.85. The number of phenols is 2. The van der Waals surface area contributed by atoms with Gasteiger partial charge in [-0.15, -0.1) is 0 Å². The Kier molecular flexibility index (Phi) is 7.10. The van der Waals surface area contributed by atoms with Crippen molar-refractivity contribution in [1.82, 2.24) is 0 Å². The molecule has 0 heterocycles. The highest BCUT2D eigenvalue weighted by molar-refractivity contribution is 9.10. The Morgan fingerprint density at radius 3 is 2.33 bits per heavy atom. The van der Waals surface area contributed by atoms with Gasteiger partial charge in [-0.05, 0) is 36.1 Å². The van der Waals surface area contributed by atoms with E-state index in [1.807, 2.05) is 6.07 Å². The van der Waals surface area contributed by atoms with E-state index < -0.39 is 0 Å². The van der Waals surface area contributed by atoms with E-state index >= 15 is 0 Å². The van der Waals surface area contributed by atoms with Gasteiger partial charge in [-0.3, -0.25) is 4.79 Å². The van der Waals surface area contributed by atoms with Crippen molar-refractivity contribution in [3.05, 3.63) is 34.3 Å². The molecule has 0 unspecified atom stereocenters. The molecule has 0 aromatic heterocycles. The Balaban J connectivity index is 2.00. The Labute approximate surface area is 151 Å². The molecule has 0 aliphatic carbocycles. The van der Waals surface area contributed by atoms with Gasteiger partial charge in [0.25, 0.3) is 0 Å². The van der Waals surface area contributed by atoms with Gasteiger partial charge in [0.15, 0.2) is 17.3 Å². The summed E-state index contributed by atoms with van der Waals surface area (Å²) >= 11 is 3.39. The molecule has 0 saturated carbocycles. The summed E-state index contributed by atoms with van der Waals surface area (Å²) in [5.41, 5.74) is 0.212. The molecule has 0 amide bonds. The number of phenolic OH excluding ortho intramolecular Hbond substituents is 2. The fraction of sp³-hybridized carbons (Fsp3) is 0.450. The number of aromatic hydroxyl groups is 2. The number of carbonyl (C=O) groups excluding carboxylic acids is 1. The zero-order valence-electron chi connectivity index (χ0n) is 14.1. The number of hydrogen-bond donors (Lipinski definition) is 2. The first-order chi connectivity index (χ1) is 11.5. The quantitative estimate of drug-likeness (QED) is 0.297. The summed E-state index contributed by atoms with van der Waals surface area (Å²) in [7, 11) is 0. The SMILES string of the molecule is CCCCCCCCCC(=O)c1cc2cc(Br)ccc2c(O)c1O. The molecule has 0 bridgehead atoms. The molecule has 2 aromatic carbocycles. The van der Waals surface area contributed by atoms with Crippen LogP contribution in [-0.2, 0) is 0 Å². The highest BCUT2D eigenvalue weighted by Gasteiger charge is 2.17. The smallest absolute Gasteiger partial charge is 0.169 e. The minimum absolute atomic E-state index is 0.113. The van der Waals surface area contributed by atoms with Crippen LogP contribution in [0.5, 0.6) is 11.5 Å². The summed E-state index contributed by atoms with van der Waals surface area (Å²) in [5, 5.41) is 21.6. The molecule has 0 aliphatic rings. The van der Waals surface area contributed by atoms with E-state index in [1.54, 1.807) is 18.2 Å². The molecule has 0 fully saturated rings. The van der Waals surface area contributed by atoms with Gasteiger partial charge in [0.1, 0.15) is 0 Å². The first-order valence-electron chi connectivity index (χ1n) is 8.72. The van der Waals surface area contributed by atoms with Crippen LogP contribution >= 0.6 is 15.9 Å². The number of rotatable bonds is 9. The maximum Gasteiger partial charge on any atom is 0.169 e. The molecular weight excluding hydrogens is 368 g/mol. The Bertz CT molecular complexity index is 710. The number of hydrogen-bond acceptors (Lipinski definition) is 3. The number of unbranched alkanes of at least 4 members (excludes halogenated alkanes) is 6. The summed E-state index contributed by atoms with van der Waals surface area (Å²) in [6, 6.07) is 7.01. The second-order valence-electron chi connectivity index (χ2n) is 6.28. The van der Waals surface area contributed by atoms with Crippen molar-refractivity contribution in [2.75, 3.05) is 0 Å². The second kappa shape index (κ2) is 9.07. The molecule has 24 heavy (non-hydrogen) atoms. The number of ketones is 1. The Hall–Kier alpha value is -1.55. The summed E-state index contributed by atoms with van der Waals surface area (Å²) in [6.07, 6.45) is 8.40. The van der Waals surface area contributed by atoms with E-state index in [0.717, 1.165) is 29.1 Å². The Morgan fingerprint density at radius 1 is 0.958 bits per heavy atom. The average Bonchev–Trinajstić information content (AvgIpc) is 2.57. The van der Waals surface area contributed by atoms with Crippen LogP contribution in [0.2, 0.25) is 0 Å². The van der Waals surface area contributed by atoms with Gasteiger partial charge in [-0.25, -0.2) is 0 Å². The van der Waals surface area contributed by atoms with Crippen LogP contribution in [0, 0.1) is 0 Å². The lowest BCUT2D eigenvalue weighted by Gasteiger charge is -2.10. The van der Waals surface area contributed by atoms with E-state index in [4.69, 9.17) is 0 Å². The van der Waals surface area contributed by atoms with Gasteiger partial charge in [-0.1, -0.05) is 61.4 Å². The molecule has 2 rings (SSSR count). The zero-order valence-corrected chi connectivity index (χ0v) is 15.7. The topological polar surface area (TPSA) is 57.5 Å². The third kappa shape index (κ3) is 4.73. The van der Waals surface area contributed by atoms with Crippen molar-refractivity contribution in [3.63, 3.8) is 0 Å². The summed E-state index contributed by atoms with van der Waals surface area (Å²) in [4.78, 5) is 12.4. The average molecular weight is 393 g/mol. The second-order valence-corrected chi connectivity index (χ2v) is 7.20. The number of Topliss-reactive ketones (excluding diaryl/α,β-unsaturated/α-hetero) is 1. The van der Waals surface area contributed by atoms with Crippen LogP contribution in [0.4, 0.5) is 0 Å². The minimum atomic E-state index is -0.308. The van der Waals surface area contributed by atoms with Gasteiger partial charge in [-0.2, -0.15) is 0 Å². The van der Waals surface area contributed by atoms with Crippen LogP contribution < -0.4 is 0 Å². The van der Waals surface area contributed by atoms with Gasteiger partial charge >= 0.3 is 0 Å². The maximum absolute atomic E-state index is 12.4. The lowest BCUT2D eigenvalue weighted by atomic mass is 9.98. The predicted octanol–water partition coefficient (Wildman–Crippen LogP) is 6.34. The first kappa shape index (κ1) is 18.8. The summed E-state index contributed by atoms with van der Waals surface area (Å²) in [5.74, 6) is -0.640. The van der Waals surface area contributed by atoms with Crippen LogP contribution in [0.25, 0.3) is 10.8 Å². The number of fused-ring (bicyclic) bond motifs is 1. The van der Waals surface area contributed by atoms with E-state index in [1.165, 1.54) is 25.7 Å². The Morgan fingerprint density at radius 2 is 1.62 bits per heavy atom. The van der Waals surface area contributed by atoms with Gasteiger partial charge in [0, 0.05) is 16.3 Å². The third-order valence-electron chi connectivity index (χ3n) is 4.36. The minimum Gasteiger partial charge on any atom is -0.504 e. The lowest BCUT2D eigenvalue weighted by molar-refractivity contribution is 0.0976. The van der Waals surface area contributed by atoms with Crippen LogP contribution in [0.15, 0.2) is 28.7 Å². The molecule has 2 aromatic rings. The molecular formula is C20H25BrO3. The van der Waals surface area contributed by atoms with E-state index in [9.17, 15) is 15.0 Å². The highest BCUT2D eigenvalue weighted by atomic mass is 79.9. The first-order valence-corrected chi connectivity index (χ1v) is 9.51. The van der Waals surface area contributed by atoms with Crippen molar-refractivity contribution in [1.29, 1.82) is 0 Å². The monoisotopic (exact) mass is 392 g/mol. The van der Waals surface area contributed by atoms with E-state index in [-0.39, 0.29) is 22.8 Å². The summed E-state index contributed by atoms with van der Waals surface area (Å²) in [6.45, 7) is 2.20. The molecule has 4 heteroatoms. The van der Waals surface area contributed by atoms with Crippen molar-refractivity contribution >= 4 is 32.5 Å². The van der Waals surface area contributed by atoms with Gasteiger partial charge in [0.05, 0.1) is 5.56 Å². The van der Waals surface area contributed by atoms with Crippen LogP contribution in [0.1, 0.15) is 68.6 Å². The summed E-state index contributed by atoms with van der Waals surface area (Å²) < 4.78 is 0.866. The lowest BCUT2D eigenvalue weighted by Crippen LogP contribution is -2.00. The van der Waals surface area contributed by atoms with E-state index in [2.05, 4.69) is 22.9 Å². The molecule has 0 atom stereocenters. The molecule has 3 nitrogen and oxygen atoms in total. The highest BCUT2D eigenvalue weighted by Crippen LogP contribution is 2.38. The zero-order chi connectivity index (χ0) is 17.5. The van der Waals surface area contributed by atoms with Crippen molar-refractivity contribution < 1.29 is 15.0 Å². The molecule has 0 aliphatic heterocycles. The maximum atomic E-state index is 12.4. The fourth-order valence-electron chi connectivity index (χ4n) is 2.94. The van der Waals surface area contributed by atoms with Crippen LogP contribution in [-0.4, -0.2) is 16.0 Å². The number of carbonyl (C=O) groups is 1. The normalized spacial score (nSPS) is 11.1. The van der Waals surface area contributed by atoms with E-state index in [0.29, 0.717) is 11.8 Å². The van der Waals surface area contributed by atoms with Gasteiger partial charge in [0.2, 0.25) is 0 Å². The molecule has 2 N–H and O–H groups in total. The van der Waals surface area contributed by atoms with Crippen molar-refractivity contribution in [3.8, 4) is 11.5 Å². The molecule has 0 spiro atoms. The predicted molar refractivity (Wildman–Crippen MR) is 102 cm³/mol. The fourth-order valence-corrected chi connectivity index (χ4v) is 3.32. The molecule has 130 valence electrons. The molecule has 0 saturated heterocycles. The number of halogens is 1. The van der Waals surface area contributed by atoms with Crippen LogP contribution in [0.3, 0.4) is 0 Å². The van der Waals surface area contributed by atoms with Crippen molar-refractivity contribution in [2.24, 2.45) is 0 Å². The van der Waals surface area contributed by atoms with Gasteiger partial charge < -0.3 is 10.2 Å². The number of benzene rings is 2. The van der Waals surface area contributed by atoms with Crippen molar-refractivity contribution in [2.45, 2.75) is 58.3 Å².